The van der Waals surface area contributed by atoms with Crippen molar-refractivity contribution in [1.29, 1.82) is 0 Å². The number of esters is 1. The molecule has 0 amide bonds. The fourth-order valence-corrected chi connectivity index (χ4v) is 5.20. The summed E-state index contributed by atoms with van der Waals surface area (Å²) in [6.07, 6.45) is 12.4. The average Bonchev–Trinajstić information content (AvgIpc) is 2.94. The van der Waals surface area contributed by atoms with Gasteiger partial charge in [-0.3, -0.25) is 4.79 Å². The minimum Gasteiger partial charge on any atom is -0.487 e. The second kappa shape index (κ2) is 12.5. The monoisotopic (exact) mass is 459 g/mol. The molecule has 1 aliphatic rings. The summed E-state index contributed by atoms with van der Waals surface area (Å²) >= 11 is 0. The summed E-state index contributed by atoms with van der Waals surface area (Å²) in [6, 6.07) is 20.2. The van der Waals surface area contributed by atoms with Crippen LogP contribution in [0.1, 0.15) is 81.4 Å². The van der Waals surface area contributed by atoms with Crippen molar-refractivity contribution >= 4 is 16.9 Å². The van der Waals surface area contributed by atoms with Gasteiger partial charge in [-0.15, -0.1) is 0 Å². The van der Waals surface area contributed by atoms with Crippen LogP contribution in [0.3, 0.4) is 0 Å². The molecule has 0 spiro atoms. The number of para-hydroxylation sites is 1. The minimum absolute atomic E-state index is 0.117. The van der Waals surface area contributed by atoms with Gasteiger partial charge in [0.05, 0.1) is 24.2 Å². The van der Waals surface area contributed by atoms with Crippen LogP contribution < -0.4 is 4.74 Å². The van der Waals surface area contributed by atoms with E-state index in [4.69, 9.17) is 9.47 Å². The molecule has 0 radical (unpaired) electrons. The molecule has 1 saturated carbocycles. The topological polar surface area (TPSA) is 48.4 Å². The maximum absolute atomic E-state index is 12.9. The minimum atomic E-state index is -0.207. The molecule has 180 valence electrons. The molecule has 3 aromatic rings. The van der Waals surface area contributed by atoms with E-state index in [-0.39, 0.29) is 11.9 Å². The summed E-state index contributed by atoms with van der Waals surface area (Å²) in [5.41, 5.74) is 2.90. The Morgan fingerprint density at radius 3 is 2.18 bits per heavy atom. The van der Waals surface area contributed by atoms with Gasteiger partial charge in [0.15, 0.2) is 0 Å². The highest BCUT2D eigenvalue weighted by molar-refractivity contribution is 5.79. The van der Waals surface area contributed by atoms with Crippen molar-refractivity contribution in [2.24, 2.45) is 5.92 Å². The highest BCUT2D eigenvalue weighted by Crippen LogP contribution is 2.35. The molecule has 4 nitrogen and oxygen atoms in total. The number of fused-ring (bicyclic) bond motifs is 1. The number of ether oxygens (including phenoxy) is 2. The van der Waals surface area contributed by atoms with Crippen molar-refractivity contribution < 1.29 is 14.3 Å². The Morgan fingerprint density at radius 1 is 0.853 bits per heavy atom. The van der Waals surface area contributed by atoms with E-state index < -0.39 is 0 Å². The Morgan fingerprint density at radius 2 is 1.50 bits per heavy atom. The van der Waals surface area contributed by atoms with Crippen LogP contribution in [0, 0.1) is 5.92 Å². The van der Waals surface area contributed by atoms with Gasteiger partial charge in [0.2, 0.25) is 0 Å². The van der Waals surface area contributed by atoms with Crippen LogP contribution in [0.25, 0.3) is 10.9 Å². The molecule has 1 aliphatic carbocycles. The van der Waals surface area contributed by atoms with E-state index in [1.807, 2.05) is 48.5 Å². The van der Waals surface area contributed by atoms with Gasteiger partial charge >= 0.3 is 5.97 Å². The van der Waals surface area contributed by atoms with Crippen LogP contribution in [0.2, 0.25) is 0 Å². The Balaban J connectivity index is 1.44. The van der Waals surface area contributed by atoms with Crippen LogP contribution >= 0.6 is 0 Å². The summed E-state index contributed by atoms with van der Waals surface area (Å²) in [5.74, 6) is 0.791. The Labute approximate surface area is 203 Å². The van der Waals surface area contributed by atoms with E-state index in [1.165, 1.54) is 58.5 Å². The van der Waals surface area contributed by atoms with Gasteiger partial charge in [0.1, 0.15) is 12.4 Å². The summed E-state index contributed by atoms with van der Waals surface area (Å²) in [5, 5.41) is 1.13. The van der Waals surface area contributed by atoms with Crippen LogP contribution in [0.4, 0.5) is 0 Å². The molecule has 1 fully saturated rings. The molecule has 1 heterocycles. The van der Waals surface area contributed by atoms with Gasteiger partial charge in [0.25, 0.3) is 0 Å². The largest absolute Gasteiger partial charge is 0.487 e. The van der Waals surface area contributed by atoms with Gasteiger partial charge < -0.3 is 9.47 Å². The second-order valence-corrected chi connectivity index (χ2v) is 9.52. The first-order valence-corrected chi connectivity index (χ1v) is 12.9. The maximum atomic E-state index is 12.9. The third-order valence-corrected chi connectivity index (χ3v) is 7.11. The number of aromatic nitrogens is 1. The highest BCUT2D eigenvalue weighted by atomic mass is 16.5. The zero-order valence-corrected chi connectivity index (χ0v) is 20.4. The van der Waals surface area contributed by atoms with E-state index in [1.54, 1.807) is 0 Å². The zero-order chi connectivity index (χ0) is 23.6. The van der Waals surface area contributed by atoms with Gasteiger partial charge in [-0.05, 0) is 48.6 Å². The molecular weight excluding hydrogens is 422 g/mol. The molecular formula is C30H37NO3. The number of carbonyl (C=O) groups excluding carboxylic acids is 1. The predicted octanol–water partition coefficient (Wildman–Crippen LogP) is 7.60. The van der Waals surface area contributed by atoms with E-state index in [0.717, 1.165) is 40.8 Å². The number of rotatable bonds is 6. The van der Waals surface area contributed by atoms with Crippen molar-refractivity contribution in [1.82, 2.24) is 4.98 Å². The standard InChI is InChI=1S/C30H37NO3/c1-33-30(32)29(24-13-8-6-4-2-3-5-7-9-14-24)25-17-20-27(21-18-25)34-22-26-19-16-23-12-10-11-15-28(23)31-26/h10-12,15-21,24,29H,2-9,13-14,22H2,1H3. The van der Waals surface area contributed by atoms with Crippen molar-refractivity contribution in [2.75, 3.05) is 7.11 Å². The maximum Gasteiger partial charge on any atom is 0.313 e. The molecule has 34 heavy (non-hydrogen) atoms. The van der Waals surface area contributed by atoms with Crippen LogP contribution in [0.5, 0.6) is 5.75 Å². The molecule has 0 aliphatic heterocycles. The zero-order valence-electron chi connectivity index (χ0n) is 20.4. The third kappa shape index (κ3) is 6.59. The Hall–Kier alpha value is -2.88. The molecule has 2 aromatic carbocycles. The smallest absolute Gasteiger partial charge is 0.313 e. The Kier molecular flexibility index (Phi) is 8.95. The molecule has 0 bridgehead atoms. The first-order chi connectivity index (χ1) is 16.7. The number of carbonyl (C=O) groups is 1. The van der Waals surface area contributed by atoms with Gasteiger partial charge in [-0.1, -0.05) is 87.8 Å². The number of nitrogens with zero attached hydrogens (tertiary/aromatic N) is 1. The van der Waals surface area contributed by atoms with Crippen molar-refractivity contribution in [3.8, 4) is 5.75 Å². The molecule has 1 aromatic heterocycles. The average molecular weight is 460 g/mol. The van der Waals surface area contributed by atoms with Gasteiger partial charge in [0, 0.05) is 5.39 Å². The number of benzene rings is 2. The normalized spacial score (nSPS) is 17.0. The first-order valence-electron chi connectivity index (χ1n) is 12.9. The van der Waals surface area contributed by atoms with Crippen LogP contribution in [0.15, 0.2) is 60.7 Å². The summed E-state index contributed by atoms with van der Waals surface area (Å²) in [6.45, 7) is 0.410. The second-order valence-electron chi connectivity index (χ2n) is 9.52. The van der Waals surface area contributed by atoms with E-state index >= 15 is 0 Å². The Bertz CT molecular complexity index is 1030. The number of hydrogen-bond acceptors (Lipinski definition) is 4. The fraction of sp³-hybridized carbons (Fsp3) is 0.467. The van der Waals surface area contributed by atoms with Crippen molar-refractivity contribution in [2.45, 2.75) is 76.7 Å². The highest BCUT2D eigenvalue weighted by Gasteiger charge is 2.30. The molecule has 1 unspecified atom stereocenters. The van der Waals surface area contributed by atoms with E-state index in [0.29, 0.717) is 12.5 Å². The lowest BCUT2D eigenvalue weighted by Crippen LogP contribution is -2.23. The van der Waals surface area contributed by atoms with Crippen molar-refractivity contribution in [3.63, 3.8) is 0 Å². The van der Waals surface area contributed by atoms with Gasteiger partial charge in [-0.25, -0.2) is 4.98 Å². The summed E-state index contributed by atoms with van der Waals surface area (Å²) < 4.78 is 11.3. The van der Waals surface area contributed by atoms with E-state index in [9.17, 15) is 4.79 Å². The van der Waals surface area contributed by atoms with E-state index in [2.05, 4.69) is 17.1 Å². The summed E-state index contributed by atoms with van der Waals surface area (Å²) in [4.78, 5) is 17.6. The summed E-state index contributed by atoms with van der Waals surface area (Å²) in [7, 11) is 1.51. The first kappa shape index (κ1) is 24.3. The number of hydrogen-bond donors (Lipinski definition) is 0. The van der Waals surface area contributed by atoms with Gasteiger partial charge in [-0.2, -0.15) is 0 Å². The molecule has 4 rings (SSSR count). The van der Waals surface area contributed by atoms with Crippen LogP contribution in [-0.2, 0) is 16.1 Å². The molecule has 4 heteroatoms. The fourth-order valence-electron chi connectivity index (χ4n) is 5.20. The third-order valence-electron chi connectivity index (χ3n) is 7.11. The van der Waals surface area contributed by atoms with Crippen molar-refractivity contribution in [3.05, 3.63) is 71.9 Å². The van der Waals surface area contributed by atoms with Crippen LogP contribution in [-0.4, -0.2) is 18.1 Å². The lowest BCUT2D eigenvalue weighted by atomic mass is 9.79. The lowest BCUT2D eigenvalue weighted by molar-refractivity contribution is -0.144. The molecule has 0 N–H and O–H groups in total. The molecule has 0 saturated heterocycles. The predicted molar refractivity (Wildman–Crippen MR) is 137 cm³/mol. The number of methoxy groups -OCH3 is 1. The molecule has 1 atom stereocenters. The number of pyridine rings is 1. The lowest BCUT2D eigenvalue weighted by Gasteiger charge is -2.26. The quantitative estimate of drug-likeness (QED) is 0.356. The SMILES string of the molecule is COC(=O)C(c1ccc(OCc2ccc3ccccc3n2)cc1)C1CCCCCCCCCC1.